The van der Waals surface area contributed by atoms with Gasteiger partial charge in [-0.3, -0.25) is 4.98 Å². The first-order valence-electron chi connectivity index (χ1n) is 13.6. The minimum atomic E-state index is 0.0540. The fraction of sp³-hybridized carbons (Fsp3) is 0.286. The lowest BCUT2D eigenvalue weighted by Crippen LogP contribution is -2.12. The molecule has 0 saturated heterocycles. The fourth-order valence-corrected chi connectivity index (χ4v) is 6.81. The lowest BCUT2D eigenvalue weighted by atomic mass is 9.82. The van der Waals surface area contributed by atoms with Crippen molar-refractivity contribution in [2.45, 2.75) is 64.7 Å². The molecule has 1 fully saturated rings. The molecule has 1 aliphatic carbocycles. The second-order valence-corrected chi connectivity index (χ2v) is 12.6. The van der Waals surface area contributed by atoms with Crippen molar-refractivity contribution in [3.8, 4) is 32.8 Å². The number of fused-ring (bicyclic) bond motifs is 1. The van der Waals surface area contributed by atoms with Gasteiger partial charge in [-0.25, -0.2) is 0 Å². The van der Waals surface area contributed by atoms with Crippen LogP contribution >= 0.6 is 11.3 Å². The van der Waals surface area contributed by atoms with Crippen molar-refractivity contribution in [1.82, 2.24) is 4.98 Å². The van der Waals surface area contributed by atoms with Crippen LogP contribution in [0.2, 0.25) is 0 Å². The molecular formula is C35H35NS. The third kappa shape index (κ3) is 4.76. The van der Waals surface area contributed by atoms with E-state index in [2.05, 4.69) is 106 Å². The van der Waals surface area contributed by atoms with Gasteiger partial charge in [0.2, 0.25) is 0 Å². The molecule has 2 heterocycles. The van der Waals surface area contributed by atoms with Gasteiger partial charge in [0.1, 0.15) is 0 Å². The number of thiophene rings is 1. The van der Waals surface area contributed by atoms with E-state index in [1.807, 2.05) is 17.5 Å². The first kappa shape index (κ1) is 24.1. The molecule has 3 aromatic carbocycles. The van der Waals surface area contributed by atoms with Gasteiger partial charge in [0.05, 0.1) is 5.69 Å². The minimum absolute atomic E-state index is 0.0540. The van der Waals surface area contributed by atoms with Gasteiger partial charge in [0, 0.05) is 16.6 Å². The van der Waals surface area contributed by atoms with E-state index in [4.69, 9.17) is 4.98 Å². The van der Waals surface area contributed by atoms with Crippen molar-refractivity contribution in [2.24, 2.45) is 0 Å². The van der Waals surface area contributed by atoms with E-state index in [9.17, 15) is 0 Å². The predicted octanol–water partition coefficient (Wildman–Crippen LogP) is 10.6. The Labute approximate surface area is 225 Å². The average Bonchev–Trinajstić information content (AvgIpc) is 3.61. The van der Waals surface area contributed by atoms with E-state index in [0.29, 0.717) is 0 Å². The summed E-state index contributed by atoms with van der Waals surface area (Å²) in [6, 6.07) is 27.3. The highest BCUT2D eigenvalue weighted by Crippen LogP contribution is 2.40. The Balaban J connectivity index is 1.39. The van der Waals surface area contributed by atoms with Crippen LogP contribution in [0.5, 0.6) is 0 Å². The number of aromatic nitrogens is 1. The molecule has 186 valence electrons. The SMILES string of the molecule is Cc1cnc(-c2cc(C(C)(C)C)c3ccccc3c2)cc1-c1csc(-c2cccc(C3CCCC3)c2)c1. The van der Waals surface area contributed by atoms with Gasteiger partial charge in [0.25, 0.3) is 0 Å². The minimum Gasteiger partial charge on any atom is -0.256 e. The summed E-state index contributed by atoms with van der Waals surface area (Å²) in [5, 5.41) is 4.91. The van der Waals surface area contributed by atoms with Crippen LogP contribution in [0.4, 0.5) is 0 Å². The van der Waals surface area contributed by atoms with Gasteiger partial charge < -0.3 is 0 Å². The molecule has 0 spiro atoms. The summed E-state index contributed by atoms with van der Waals surface area (Å²) in [7, 11) is 0. The van der Waals surface area contributed by atoms with Crippen LogP contribution in [0.3, 0.4) is 0 Å². The quantitative estimate of drug-likeness (QED) is 0.239. The molecule has 5 aromatic rings. The topological polar surface area (TPSA) is 12.9 Å². The molecule has 2 heteroatoms. The van der Waals surface area contributed by atoms with Crippen molar-refractivity contribution in [3.63, 3.8) is 0 Å². The van der Waals surface area contributed by atoms with Crippen molar-refractivity contribution >= 4 is 22.1 Å². The molecule has 0 aliphatic heterocycles. The Morgan fingerprint density at radius 3 is 2.43 bits per heavy atom. The molecule has 0 unspecified atom stereocenters. The van der Waals surface area contributed by atoms with E-state index < -0.39 is 0 Å². The molecule has 0 amide bonds. The molecule has 0 atom stereocenters. The van der Waals surface area contributed by atoms with E-state index in [0.717, 1.165) is 11.6 Å². The number of hydrogen-bond acceptors (Lipinski definition) is 2. The van der Waals surface area contributed by atoms with Crippen LogP contribution in [0.15, 0.2) is 84.4 Å². The Bertz CT molecular complexity index is 1580. The summed E-state index contributed by atoms with van der Waals surface area (Å²) in [6.07, 6.45) is 7.45. The number of nitrogens with zero attached hydrogens (tertiary/aromatic N) is 1. The molecule has 0 N–H and O–H groups in total. The maximum Gasteiger partial charge on any atom is 0.0708 e. The van der Waals surface area contributed by atoms with Crippen LogP contribution in [0, 0.1) is 6.92 Å². The van der Waals surface area contributed by atoms with Crippen LogP contribution < -0.4 is 0 Å². The number of pyridine rings is 1. The molecule has 1 aliphatic rings. The summed E-state index contributed by atoms with van der Waals surface area (Å²) >= 11 is 1.85. The average molecular weight is 502 g/mol. The highest BCUT2D eigenvalue weighted by atomic mass is 32.1. The zero-order valence-electron chi connectivity index (χ0n) is 22.3. The summed E-state index contributed by atoms with van der Waals surface area (Å²) in [5.41, 5.74) is 10.3. The smallest absolute Gasteiger partial charge is 0.0708 e. The van der Waals surface area contributed by atoms with Gasteiger partial charge in [-0.15, -0.1) is 11.3 Å². The largest absolute Gasteiger partial charge is 0.256 e. The predicted molar refractivity (Wildman–Crippen MR) is 161 cm³/mol. The van der Waals surface area contributed by atoms with Gasteiger partial charge in [-0.05, 0) is 105 Å². The number of rotatable bonds is 4. The zero-order valence-corrected chi connectivity index (χ0v) is 23.2. The lowest BCUT2D eigenvalue weighted by Gasteiger charge is -2.23. The third-order valence-electron chi connectivity index (χ3n) is 7.98. The normalized spacial score (nSPS) is 14.5. The summed E-state index contributed by atoms with van der Waals surface area (Å²) in [4.78, 5) is 6.23. The Morgan fingerprint density at radius 1 is 0.811 bits per heavy atom. The molecule has 0 bridgehead atoms. The standard InChI is InChI=1S/C35H35NS/c1-23-21-36-33(28-17-26-12-7-8-15-30(26)32(18-28)35(2,3)4)20-31(23)29-19-34(37-22-29)27-14-9-13-25(16-27)24-10-5-6-11-24/h7-9,12-22,24H,5-6,10-11H2,1-4H3. The van der Waals surface area contributed by atoms with Crippen LogP contribution in [-0.2, 0) is 5.41 Å². The van der Waals surface area contributed by atoms with E-state index >= 15 is 0 Å². The molecule has 37 heavy (non-hydrogen) atoms. The summed E-state index contributed by atoms with van der Waals surface area (Å²) in [5.74, 6) is 0.740. The Kier molecular flexibility index (Phi) is 6.24. The van der Waals surface area contributed by atoms with Crippen LogP contribution in [0.1, 0.15) is 69.1 Å². The first-order chi connectivity index (χ1) is 17.9. The fourth-order valence-electron chi connectivity index (χ4n) is 5.91. The number of benzene rings is 3. The van der Waals surface area contributed by atoms with Crippen LogP contribution in [-0.4, -0.2) is 4.98 Å². The molecular weight excluding hydrogens is 466 g/mol. The van der Waals surface area contributed by atoms with Crippen molar-refractivity contribution < 1.29 is 0 Å². The van der Waals surface area contributed by atoms with Gasteiger partial charge in [-0.1, -0.05) is 82.1 Å². The molecule has 6 rings (SSSR count). The van der Waals surface area contributed by atoms with Gasteiger partial charge in [-0.2, -0.15) is 0 Å². The molecule has 0 radical (unpaired) electrons. The summed E-state index contributed by atoms with van der Waals surface area (Å²) < 4.78 is 0. The van der Waals surface area contributed by atoms with Crippen LogP contribution in [0.25, 0.3) is 43.6 Å². The van der Waals surface area contributed by atoms with Crippen molar-refractivity contribution in [3.05, 3.63) is 101 Å². The highest BCUT2D eigenvalue weighted by molar-refractivity contribution is 7.14. The maximum absolute atomic E-state index is 4.89. The third-order valence-corrected chi connectivity index (χ3v) is 8.96. The Morgan fingerprint density at radius 2 is 1.62 bits per heavy atom. The molecule has 1 saturated carbocycles. The lowest BCUT2D eigenvalue weighted by molar-refractivity contribution is 0.596. The number of hydrogen-bond donors (Lipinski definition) is 0. The van der Waals surface area contributed by atoms with E-state index in [1.54, 1.807) is 0 Å². The van der Waals surface area contributed by atoms with Gasteiger partial charge >= 0.3 is 0 Å². The highest BCUT2D eigenvalue weighted by Gasteiger charge is 2.20. The Hall–Kier alpha value is -3.23. The van der Waals surface area contributed by atoms with E-state index in [1.165, 1.54) is 80.3 Å². The van der Waals surface area contributed by atoms with Crippen molar-refractivity contribution in [2.75, 3.05) is 0 Å². The molecule has 2 aromatic heterocycles. The van der Waals surface area contributed by atoms with Crippen molar-refractivity contribution in [1.29, 1.82) is 0 Å². The summed E-state index contributed by atoms with van der Waals surface area (Å²) in [6.45, 7) is 9.05. The second-order valence-electron chi connectivity index (χ2n) is 11.7. The van der Waals surface area contributed by atoms with E-state index in [-0.39, 0.29) is 5.41 Å². The monoisotopic (exact) mass is 501 g/mol. The number of aryl methyl sites for hydroxylation is 1. The second kappa shape index (κ2) is 9.58. The first-order valence-corrected chi connectivity index (χ1v) is 14.4. The van der Waals surface area contributed by atoms with Gasteiger partial charge in [0.15, 0.2) is 0 Å². The molecule has 1 nitrogen and oxygen atoms in total. The zero-order chi connectivity index (χ0) is 25.6. The maximum atomic E-state index is 4.89.